The molecule has 1 atom stereocenters. The highest BCUT2D eigenvalue weighted by Gasteiger charge is 2.54. The van der Waals surface area contributed by atoms with Crippen LogP contribution in [-0.4, -0.2) is 21.6 Å². The Morgan fingerprint density at radius 3 is 2.63 bits per heavy atom. The van der Waals surface area contributed by atoms with Gasteiger partial charge in [0.25, 0.3) is 0 Å². The fourth-order valence-corrected chi connectivity index (χ4v) is 3.97. The lowest BCUT2D eigenvalue weighted by atomic mass is 9.72. The molecule has 27 heavy (non-hydrogen) atoms. The normalized spacial score (nSPS) is 20.2. The minimum absolute atomic E-state index is 0.116. The summed E-state index contributed by atoms with van der Waals surface area (Å²) in [4.78, 5) is 25.5. The molecule has 0 fully saturated rings. The van der Waals surface area contributed by atoms with E-state index in [-0.39, 0.29) is 18.2 Å². The number of amides is 2. The second kappa shape index (κ2) is 5.40. The summed E-state index contributed by atoms with van der Waals surface area (Å²) in [6.45, 7) is 0. The molecule has 0 aliphatic carbocycles. The summed E-state index contributed by atoms with van der Waals surface area (Å²) < 4.78 is 15.5. The van der Waals surface area contributed by atoms with Crippen LogP contribution in [-0.2, 0) is 15.0 Å². The summed E-state index contributed by atoms with van der Waals surface area (Å²) in [6.07, 6.45) is 1.43. The smallest absolute Gasteiger partial charge is 0.240 e. The van der Waals surface area contributed by atoms with E-state index in [9.17, 15) is 14.0 Å². The van der Waals surface area contributed by atoms with Gasteiger partial charge >= 0.3 is 0 Å². The lowest BCUT2D eigenvalue weighted by Gasteiger charge is -2.31. The van der Waals surface area contributed by atoms with Gasteiger partial charge in [-0.05, 0) is 48.0 Å². The number of carbonyl (C=O) groups excluding carboxylic acids is 2. The Morgan fingerprint density at radius 1 is 1.07 bits per heavy atom. The van der Waals surface area contributed by atoms with Crippen LogP contribution in [0, 0.1) is 5.82 Å². The molecule has 0 bridgehead atoms. The lowest BCUT2D eigenvalue weighted by Crippen LogP contribution is -2.43. The molecule has 1 aromatic heterocycles. The molecule has 3 aromatic rings. The first kappa shape index (κ1) is 16.0. The summed E-state index contributed by atoms with van der Waals surface area (Å²) in [7, 11) is 0. The number of hydrogen-bond donors (Lipinski definition) is 2. The molecule has 8 heteroatoms. The van der Waals surface area contributed by atoms with Crippen molar-refractivity contribution in [1.82, 2.24) is 9.78 Å². The van der Waals surface area contributed by atoms with Crippen LogP contribution >= 0.6 is 11.6 Å². The Bertz CT molecular complexity index is 1130. The molecule has 1 unspecified atom stereocenters. The number of fused-ring (bicyclic) bond motifs is 4. The van der Waals surface area contributed by atoms with Gasteiger partial charge in [-0.25, -0.2) is 9.07 Å². The second-order valence-electron chi connectivity index (χ2n) is 6.57. The average molecular weight is 383 g/mol. The zero-order valence-electron chi connectivity index (χ0n) is 13.8. The monoisotopic (exact) mass is 382 g/mol. The molecule has 2 aromatic carbocycles. The van der Waals surface area contributed by atoms with Gasteiger partial charge in [-0.1, -0.05) is 11.6 Å². The van der Waals surface area contributed by atoms with Crippen molar-refractivity contribution in [1.29, 1.82) is 0 Å². The van der Waals surface area contributed by atoms with Crippen molar-refractivity contribution >= 4 is 34.9 Å². The van der Waals surface area contributed by atoms with E-state index < -0.39 is 11.2 Å². The fraction of sp³-hybridized carbons (Fsp3) is 0.105. The number of benzene rings is 2. The highest BCUT2D eigenvalue weighted by Crippen LogP contribution is 2.50. The molecule has 3 heterocycles. The van der Waals surface area contributed by atoms with Crippen LogP contribution in [0.4, 0.5) is 15.9 Å². The van der Waals surface area contributed by atoms with Crippen molar-refractivity contribution in [2.45, 2.75) is 11.8 Å². The predicted octanol–water partition coefficient (Wildman–Crippen LogP) is 3.25. The van der Waals surface area contributed by atoms with Crippen molar-refractivity contribution in [2.75, 3.05) is 10.6 Å². The minimum atomic E-state index is -1.31. The van der Waals surface area contributed by atoms with Crippen LogP contribution in [0.3, 0.4) is 0 Å². The van der Waals surface area contributed by atoms with Gasteiger partial charge in [-0.2, -0.15) is 5.10 Å². The third kappa shape index (κ3) is 2.15. The minimum Gasteiger partial charge on any atom is -0.325 e. The van der Waals surface area contributed by atoms with Crippen LogP contribution in [0.1, 0.15) is 17.5 Å². The van der Waals surface area contributed by atoms with Crippen molar-refractivity contribution in [3.8, 4) is 5.69 Å². The fourth-order valence-electron chi connectivity index (χ4n) is 3.84. The maximum Gasteiger partial charge on any atom is 0.240 e. The van der Waals surface area contributed by atoms with Crippen LogP contribution in [0.15, 0.2) is 48.7 Å². The Hall–Kier alpha value is -3.19. The quantitative estimate of drug-likeness (QED) is 0.678. The topological polar surface area (TPSA) is 76.0 Å². The predicted molar refractivity (Wildman–Crippen MR) is 97.6 cm³/mol. The molecule has 0 saturated carbocycles. The molecule has 6 nitrogen and oxygen atoms in total. The third-order valence-electron chi connectivity index (χ3n) is 5.06. The third-order valence-corrected chi connectivity index (χ3v) is 5.31. The van der Waals surface area contributed by atoms with Gasteiger partial charge in [0.15, 0.2) is 0 Å². The van der Waals surface area contributed by atoms with E-state index in [4.69, 9.17) is 11.6 Å². The van der Waals surface area contributed by atoms with E-state index in [1.807, 2.05) is 0 Å². The van der Waals surface area contributed by atoms with E-state index in [2.05, 4.69) is 15.7 Å². The van der Waals surface area contributed by atoms with Crippen molar-refractivity contribution in [2.24, 2.45) is 0 Å². The Labute approximate surface area is 157 Å². The van der Waals surface area contributed by atoms with Crippen molar-refractivity contribution in [3.05, 3.63) is 70.6 Å². The van der Waals surface area contributed by atoms with Gasteiger partial charge in [0.1, 0.15) is 17.1 Å². The maximum absolute atomic E-state index is 13.9. The molecular formula is C19H12ClFN4O2. The summed E-state index contributed by atoms with van der Waals surface area (Å²) in [6, 6.07) is 11.0. The molecular weight excluding hydrogens is 371 g/mol. The first-order valence-corrected chi connectivity index (χ1v) is 8.62. The number of nitrogens with one attached hydrogen (secondary N) is 2. The van der Waals surface area contributed by atoms with E-state index in [1.54, 1.807) is 30.5 Å². The Balaban J connectivity index is 1.76. The summed E-state index contributed by atoms with van der Waals surface area (Å²) >= 11 is 5.94. The second-order valence-corrected chi connectivity index (χ2v) is 7.01. The zero-order chi connectivity index (χ0) is 18.8. The standard InChI is InChI=1S/C19H12ClFN4O2/c20-10-1-4-12(5-2-10)25-17-14(9-22-25)19(8-16(26)24-17)13-7-11(21)3-6-15(13)23-18(19)27/h1-7,9H,8H2,(H,23,27)(H,24,26). The van der Waals surface area contributed by atoms with E-state index in [0.717, 1.165) is 0 Å². The molecule has 1 spiro atoms. The number of halogens is 2. The molecule has 0 saturated heterocycles. The van der Waals surface area contributed by atoms with Gasteiger partial charge < -0.3 is 10.6 Å². The SMILES string of the molecule is O=C1CC2(C(=O)Nc3ccc(F)cc32)c2cnn(-c3ccc(Cl)cc3)c2N1. The van der Waals surface area contributed by atoms with Crippen molar-refractivity contribution in [3.63, 3.8) is 0 Å². The molecule has 2 N–H and O–H groups in total. The molecule has 2 aliphatic rings. The van der Waals surface area contributed by atoms with Crippen LogP contribution in [0.5, 0.6) is 0 Å². The summed E-state index contributed by atoms with van der Waals surface area (Å²) in [5.41, 5.74) is 0.843. The Morgan fingerprint density at radius 2 is 1.85 bits per heavy atom. The Kier molecular flexibility index (Phi) is 3.21. The van der Waals surface area contributed by atoms with E-state index in [0.29, 0.717) is 33.3 Å². The zero-order valence-corrected chi connectivity index (χ0v) is 14.5. The highest BCUT2D eigenvalue weighted by atomic mass is 35.5. The largest absolute Gasteiger partial charge is 0.325 e. The van der Waals surface area contributed by atoms with Crippen LogP contribution < -0.4 is 10.6 Å². The average Bonchev–Trinajstić information content (AvgIpc) is 3.17. The van der Waals surface area contributed by atoms with Crippen LogP contribution in [0.2, 0.25) is 5.02 Å². The summed E-state index contributed by atoms with van der Waals surface area (Å²) in [5, 5.41) is 10.5. The van der Waals surface area contributed by atoms with E-state index >= 15 is 0 Å². The van der Waals surface area contributed by atoms with Gasteiger partial charge in [0.2, 0.25) is 11.8 Å². The van der Waals surface area contributed by atoms with Crippen LogP contribution in [0.25, 0.3) is 5.69 Å². The molecule has 0 radical (unpaired) electrons. The molecule has 2 amide bonds. The summed E-state index contributed by atoms with van der Waals surface area (Å²) in [5.74, 6) is -0.789. The number of aromatic nitrogens is 2. The number of carbonyl (C=O) groups is 2. The van der Waals surface area contributed by atoms with E-state index in [1.165, 1.54) is 22.9 Å². The molecule has 5 rings (SSSR count). The number of nitrogens with zero attached hydrogens (tertiary/aromatic N) is 2. The van der Waals surface area contributed by atoms with Gasteiger partial charge in [0.05, 0.1) is 11.9 Å². The van der Waals surface area contributed by atoms with Crippen molar-refractivity contribution < 1.29 is 14.0 Å². The molecule has 2 aliphatic heterocycles. The number of rotatable bonds is 1. The van der Waals surface area contributed by atoms with Gasteiger partial charge in [-0.15, -0.1) is 0 Å². The number of anilines is 2. The first-order chi connectivity index (χ1) is 13.0. The first-order valence-electron chi connectivity index (χ1n) is 8.25. The van der Waals surface area contributed by atoms with Gasteiger partial charge in [0, 0.05) is 22.7 Å². The lowest BCUT2D eigenvalue weighted by molar-refractivity contribution is -0.125. The van der Waals surface area contributed by atoms with Gasteiger partial charge in [-0.3, -0.25) is 9.59 Å². The maximum atomic E-state index is 13.9. The number of hydrogen-bond acceptors (Lipinski definition) is 3. The molecule has 134 valence electrons. The highest BCUT2D eigenvalue weighted by molar-refractivity contribution is 6.30.